The number of halogens is 1. The predicted molar refractivity (Wildman–Crippen MR) is 71.0 cm³/mol. The highest BCUT2D eigenvalue weighted by molar-refractivity contribution is 9.10. The molecule has 0 aromatic heterocycles. The lowest BCUT2D eigenvalue weighted by atomic mass is 10.1. The van der Waals surface area contributed by atoms with Gasteiger partial charge >= 0.3 is 0 Å². The van der Waals surface area contributed by atoms with Crippen LogP contribution in [0.5, 0.6) is 5.75 Å². The number of benzene rings is 1. The summed E-state index contributed by atoms with van der Waals surface area (Å²) in [5.74, 6) is 0.882. The summed E-state index contributed by atoms with van der Waals surface area (Å²) in [7, 11) is 5.75. The molecule has 3 nitrogen and oxygen atoms in total. The number of hydrogen-bond acceptors (Lipinski definition) is 3. The van der Waals surface area contributed by atoms with Gasteiger partial charge < -0.3 is 10.1 Å². The van der Waals surface area contributed by atoms with E-state index >= 15 is 0 Å². The molecule has 0 heterocycles. The molecule has 0 aliphatic heterocycles. The van der Waals surface area contributed by atoms with E-state index in [1.165, 1.54) is 5.56 Å². The minimum Gasteiger partial charge on any atom is -0.496 e. The largest absolute Gasteiger partial charge is 0.496 e. The fourth-order valence-electron chi connectivity index (χ4n) is 1.53. The van der Waals surface area contributed by atoms with Gasteiger partial charge in [0.05, 0.1) is 11.6 Å². The highest BCUT2D eigenvalue weighted by atomic mass is 79.9. The van der Waals surface area contributed by atoms with E-state index in [0.717, 1.165) is 29.9 Å². The third kappa shape index (κ3) is 4.12. The van der Waals surface area contributed by atoms with Crippen molar-refractivity contribution >= 4 is 15.9 Å². The number of hydrogen-bond donors (Lipinski definition) is 1. The Morgan fingerprint density at radius 1 is 1.44 bits per heavy atom. The van der Waals surface area contributed by atoms with E-state index in [-0.39, 0.29) is 0 Å². The molecule has 1 rings (SSSR count). The van der Waals surface area contributed by atoms with Gasteiger partial charge in [-0.15, -0.1) is 0 Å². The molecule has 0 saturated carbocycles. The molecule has 0 fully saturated rings. The zero-order valence-electron chi connectivity index (χ0n) is 10.1. The summed E-state index contributed by atoms with van der Waals surface area (Å²) >= 11 is 3.49. The van der Waals surface area contributed by atoms with Crippen LogP contribution in [-0.4, -0.2) is 39.3 Å². The fraction of sp³-hybridized carbons (Fsp3) is 0.500. The van der Waals surface area contributed by atoms with Crippen LogP contribution in [0, 0.1) is 0 Å². The van der Waals surface area contributed by atoms with Crippen molar-refractivity contribution in [2.75, 3.05) is 34.4 Å². The zero-order chi connectivity index (χ0) is 12.0. The standard InChI is InChI=1S/C12H19BrN2O/c1-14-9-15(2)7-6-10-4-5-12(16-3)11(13)8-10/h4-5,8,14H,6-7,9H2,1-3H3. The van der Waals surface area contributed by atoms with Crippen molar-refractivity contribution in [3.63, 3.8) is 0 Å². The van der Waals surface area contributed by atoms with Gasteiger partial charge in [-0.05, 0) is 54.1 Å². The Morgan fingerprint density at radius 2 is 2.19 bits per heavy atom. The van der Waals surface area contributed by atoms with Crippen LogP contribution >= 0.6 is 15.9 Å². The number of likely N-dealkylation sites (N-methyl/N-ethyl adjacent to an activating group) is 1. The first-order valence-electron chi connectivity index (χ1n) is 5.33. The number of nitrogens with one attached hydrogen (secondary N) is 1. The third-order valence-corrected chi connectivity index (χ3v) is 3.05. The summed E-state index contributed by atoms with van der Waals surface area (Å²) in [4.78, 5) is 2.25. The molecule has 0 aliphatic carbocycles. The predicted octanol–water partition coefficient (Wildman–Crippen LogP) is 2.11. The van der Waals surface area contributed by atoms with E-state index in [4.69, 9.17) is 4.74 Å². The molecule has 0 radical (unpaired) electrons. The SMILES string of the molecule is CNCN(C)CCc1ccc(OC)c(Br)c1. The molecule has 0 bridgehead atoms. The highest BCUT2D eigenvalue weighted by Gasteiger charge is 2.02. The Morgan fingerprint density at radius 3 is 2.75 bits per heavy atom. The van der Waals surface area contributed by atoms with Crippen molar-refractivity contribution in [1.29, 1.82) is 0 Å². The second kappa shape index (κ2) is 6.89. The Kier molecular flexibility index (Phi) is 5.80. The summed E-state index contributed by atoms with van der Waals surface area (Å²) < 4.78 is 6.21. The van der Waals surface area contributed by atoms with Gasteiger partial charge in [-0.25, -0.2) is 0 Å². The molecule has 0 unspecified atom stereocenters. The second-order valence-corrected chi connectivity index (χ2v) is 4.66. The van der Waals surface area contributed by atoms with E-state index in [1.807, 2.05) is 13.1 Å². The topological polar surface area (TPSA) is 24.5 Å². The Hall–Kier alpha value is -0.580. The normalized spacial score (nSPS) is 10.8. The lowest BCUT2D eigenvalue weighted by molar-refractivity contribution is 0.321. The van der Waals surface area contributed by atoms with Gasteiger partial charge in [0.25, 0.3) is 0 Å². The van der Waals surface area contributed by atoms with Crippen molar-refractivity contribution in [3.8, 4) is 5.75 Å². The van der Waals surface area contributed by atoms with Crippen molar-refractivity contribution in [2.45, 2.75) is 6.42 Å². The van der Waals surface area contributed by atoms with Crippen molar-refractivity contribution in [1.82, 2.24) is 10.2 Å². The Balaban J connectivity index is 2.51. The van der Waals surface area contributed by atoms with E-state index in [1.54, 1.807) is 7.11 Å². The minimum atomic E-state index is 0.882. The fourth-order valence-corrected chi connectivity index (χ4v) is 2.12. The molecule has 0 spiro atoms. The molecule has 1 aromatic rings. The molecular formula is C12H19BrN2O. The van der Waals surface area contributed by atoms with Crippen LogP contribution in [-0.2, 0) is 6.42 Å². The number of methoxy groups -OCH3 is 1. The van der Waals surface area contributed by atoms with Gasteiger partial charge in [-0.1, -0.05) is 6.07 Å². The summed E-state index contributed by atoms with van der Waals surface area (Å²) in [6.07, 6.45) is 1.04. The quantitative estimate of drug-likeness (QED) is 0.811. The van der Waals surface area contributed by atoms with Crippen LogP contribution in [0.4, 0.5) is 0 Å². The van der Waals surface area contributed by atoms with Crippen LogP contribution in [0.2, 0.25) is 0 Å². The van der Waals surface area contributed by atoms with Gasteiger partial charge in [0, 0.05) is 13.2 Å². The van der Waals surface area contributed by atoms with Crippen LogP contribution in [0.25, 0.3) is 0 Å². The molecular weight excluding hydrogens is 268 g/mol. The van der Waals surface area contributed by atoms with E-state index < -0.39 is 0 Å². The maximum atomic E-state index is 5.20. The van der Waals surface area contributed by atoms with Gasteiger partial charge in [-0.2, -0.15) is 0 Å². The maximum absolute atomic E-state index is 5.20. The highest BCUT2D eigenvalue weighted by Crippen LogP contribution is 2.25. The third-order valence-electron chi connectivity index (χ3n) is 2.43. The van der Waals surface area contributed by atoms with Gasteiger partial charge in [-0.3, -0.25) is 4.90 Å². The minimum absolute atomic E-state index is 0.882. The van der Waals surface area contributed by atoms with E-state index in [2.05, 4.69) is 45.3 Å². The van der Waals surface area contributed by atoms with E-state index in [0.29, 0.717) is 0 Å². The van der Waals surface area contributed by atoms with Gasteiger partial charge in [0.2, 0.25) is 0 Å². The average molecular weight is 287 g/mol. The number of rotatable bonds is 6. The Labute approximate surface area is 106 Å². The smallest absolute Gasteiger partial charge is 0.133 e. The van der Waals surface area contributed by atoms with Crippen molar-refractivity contribution in [3.05, 3.63) is 28.2 Å². The molecule has 4 heteroatoms. The number of ether oxygens (including phenoxy) is 1. The van der Waals surface area contributed by atoms with Crippen molar-refractivity contribution in [2.24, 2.45) is 0 Å². The van der Waals surface area contributed by atoms with Crippen LogP contribution in [0.1, 0.15) is 5.56 Å². The summed E-state index contributed by atoms with van der Waals surface area (Å²) in [6.45, 7) is 1.96. The molecule has 1 N–H and O–H groups in total. The lowest BCUT2D eigenvalue weighted by Crippen LogP contribution is -2.30. The maximum Gasteiger partial charge on any atom is 0.133 e. The summed E-state index contributed by atoms with van der Waals surface area (Å²) in [6, 6.07) is 6.22. The summed E-state index contributed by atoms with van der Waals surface area (Å²) in [5.41, 5.74) is 1.32. The Bertz CT molecular complexity index is 331. The second-order valence-electron chi connectivity index (χ2n) is 3.81. The monoisotopic (exact) mass is 286 g/mol. The number of nitrogens with zero attached hydrogens (tertiary/aromatic N) is 1. The van der Waals surface area contributed by atoms with E-state index in [9.17, 15) is 0 Å². The first kappa shape index (κ1) is 13.5. The molecule has 0 aliphatic rings. The van der Waals surface area contributed by atoms with Gasteiger partial charge in [0.15, 0.2) is 0 Å². The van der Waals surface area contributed by atoms with Crippen LogP contribution < -0.4 is 10.1 Å². The van der Waals surface area contributed by atoms with Crippen LogP contribution in [0.15, 0.2) is 22.7 Å². The molecule has 0 amide bonds. The first-order chi connectivity index (χ1) is 7.67. The van der Waals surface area contributed by atoms with Crippen LogP contribution in [0.3, 0.4) is 0 Å². The molecule has 90 valence electrons. The summed E-state index contributed by atoms with van der Waals surface area (Å²) in [5, 5.41) is 3.13. The average Bonchev–Trinajstić information content (AvgIpc) is 2.27. The molecule has 1 aromatic carbocycles. The van der Waals surface area contributed by atoms with Gasteiger partial charge in [0.1, 0.15) is 5.75 Å². The first-order valence-corrected chi connectivity index (χ1v) is 6.12. The molecule has 0 atom stereocenters. The molecule has 16 heavy (non-hydrogen) atoms. The zero-order valence-corrected chi connectivity index (χ0v) is 11.7. The molecule has 0 saturated heterocycles. The lowest BCUT2D eigenvalue weighted by Gasteiger charge is -2.15. The van der Waals surface area contributed by atoms with Crippen molar-refractivity contribution < 1.29 is 4.74 Å².